The molecule has 19 heavy (non-hydrogen) atoms. The van der Waals surface area contributed by atoms with Crippen LogP contribution in [0.15, 0.2) is 18.2 Å². The Morgan fingerprint density at radius 2 is 2.05 bits per heavy atom. The van der Waals surface area contributed by atoms with E-state index in [0.29, 0.717) is 0 Å². The molecule has 1 fully saturated rings. The fraction of sp³-hybridized carbons (Fsp3) is 0.462. The molecule has 0 bridgehead atoms. The van der Waals surface area contributed by atoms with E-state index < -0.39 is 4.92 Å². The molecule has 0 saturated heterocycles. The summed E-state index contributed by atoms with van der Waals surface area (Å²) in [7, 11) is 0. The van der Waals surface area contributed by atoms with Crippen molar-refractivity contribution in [2.24, 2.45) is 5.73 Å². The first-order valence-electron chi connectivity index (χ1n) is 6.21. The van der Waals surface area contributed by atoms with Gasteiger partial charge >= 0.3 is 5.69 Å². The number of nitro benzene ring substituents is 1. The van der Waals surface area contributed by atoms with Gasteiger partial charge in [0.2, 0.25) is 0 Å². The predicted molar refractivity (Wildman–Crippen MR) is 68.7 cm³/mol. The van der Waals surface area contributed by atoms with Crippen LogP contribution in [-0.4, -0.2) is 17.1 Å². The predicted octanol–water partition coefficient (Wildman–Crippen LogP) is 2.12. The molecule has 1 aliphatic rings. The zero-order chi connectivity index (χ0) is 13.8. The largest absolute Gasteiger partial charge is 0.484 e. The maximum Gasteiger partial charge on any atom is 0.312 e. The maximum absolute atomic E-state index is 11.0. The van der Waals surface area contributed by atoms with E-state index >= 15 is 0 Å². The van der Waals surface area contributed by atoms with Crippen molar-refractivity contribution in [3.8, 4) is 11.8 Å². The number of nitro groups is 1. The number of nitrogens with zero attached hydrogens (tertiary/aromatic N) is 2. The standard InChI is InChI=1S/C13H15N3O3/c14-8-9-1-6-13(12(7-9)16(17)18)19-11-4-2-10(15)3-5-11/h1,6-7,10-11H,2-5,15H2. The Hall–Kier alpha value is -2.13. The molecule has 0 aromatic heterocycles. The molecule has 0 heterocycles. The highest BCUT2D eigenvalue weighted by molar-refractivity contribution is 5.51. The van der Waals surface area contributed by atoms with Crippen molar-refractivity contribution >= 4 is 5.69 Å². The number of nitrogens with two attached hydrogens (primary N) is 1. The highest BCUT2D eigenvalue weighted by atomic mass is 16.6. The smallest absolute Gasteiger partial charge is 0.312 e. The Morgan fingerprint density at radius 1 is 1.37 bits per heavy atom. The van der Waals surface area contributed by atoms with Gasteiger partial charge in [-0.25, -0.2) is 0 Å². The van der Waals surface area contributed by atoms with E-state index in [1.54, 1.807) is 0 Å². The van der Waals surface area contributed by atoms with Crippen molar-refractivity contribution in [2.75, 3.05) is 0 Å². The van der Waals surface area contributed by atoms with Crippen LogP contribution in [0, 0.1) is 21.4 Å². The molecule has 1 aromatic carbocycles. The van der Waals surface area contributed by atoms with Gasteiger partial charge in [0.25, 0.3) is 0 Å². The first kappa shape index (κ1) is 13.3. The molecular formula is C13H15N3O3. The second-order valence-electron chi connectivity index (χ2n) is 4.71. The first-order chi connectivity index (χ1) is 9.10. The summed E-state index contributed by atoms with van der Waals surface area (Å²) < 4.78 is 5.69. The Balaban J connectivity index is 2.16. The summed E-state index contributed by atoms with van der Waals surface area (Å²) in [5.74, 6) is 0.226. The number of hydrogen-bond acceptors (Lipinski definition) is 5. The van der Waals surface area contributed by atoms with Crippen LogP contribution in [0.4, 0.5) is 5.69 Å². The Bertz CT molecular complexity index is 516. The van der Waals surface area contributed by atoms with Crippen LogP contribution in [-0.2, 0) is 0 Å². The van der Waals surface area contributed by atoms with E-state index in [4.69, 9.17) is 15.7 Å². The van der Waals surface area contributed by atoms with Crippen molar-refractivity contribution in [1.29, 1.82) is 5.26 Å². The van der Waals surface area contributed by atoms with Gasteiger partial charge in [0.1, 0.15) is 0 Å². The van der Waals surface area contributed by atoms with E-state index in [0.717, 1.165) is 25.7 Å². The van der Waals surface area contributed by atoms with E-state index in [-0.39, 0.29) is 29.1 Å². The third-order valence-corrected chi connectivity index (χ3v) is 3.30. The summed E-state index contributed by atoms with van der Waals surface area (Å²) in [5.41, 5.74) is 5.90. The minimum Gasteiger partial charge on any atom is -0.484 e. The third kappa shape index (κ3) is 3.20. The molecule has 0 radical (unpaired) electrons. The van der Waals surface area contributed by atoms with Crippen LogP contribution in [0.1, 0.15) is 31.2 Å². The molecule has 0 spiro atoms. The number of ether oxygens (including phenoxy) is 1. The van der Waals surface area contributed by atoms with Gasteiger partial charge in [0, 0.05) is 12.1 Å². The summed E-state index contributed by atoms with van der Waals surface area (Å²) in [4.78, 5) is 10.5. The summed E-state index contributed by atoms with van der Waals surface area (Å²) in [6.07, 6.45) is 3.31. The monoisotopic (exact) mass is 261 g/mol. The number of benzene rings is 1. The fourth-order valence-electron chi connectivity index (χ4n) is 2.22. The zero-order valence-electron chi connectivity index (χ0n) is 10.4. The number of hydrogen-bond donors (Lipinski definition) is 1. The molecule has 2 N–H and O–H groups in total. The van der Waals surface area contributed by atoms with Crippen LogP contribution >= 0.6 is 0 Å². The minimum absolute atomic E-state index is 0.0357. The summed E-state index contributed by atoms with van der Waals surface area (Å²) in [6.45, 7) is 0. The second kappa shape index (κ2) is 5.67. The summed E-state index contributed by atoms with van der Waals surface area (Å²) in [5, 5.41) is 19.7. The van der Waals surface area contributed by atoms with Gasteiger partial charge in [-0.3, -0.25) is 10.1 Å². The molecule has 0 unspecified atom stereocenters. The number of rotatable bonds is 3. The Kier molecular flexibility index (Phi) is 3.97. The van der Waals surface area contributed by atoms with E-state index in [9.17, 15) is 10.1 Å². The van der Waals surface area contributed by atoms with Crippen LogP contribution in [0.2, 0.25) is 0 Å². The maximum atomic E-state index is 11.0. The third-order valence-electron chi connectivity index (χ3n) is 3.30. The quantitative estimate of drug-likeness (QED) is 0.663. The molecule has 6 heteroatoms. The van der Waals surface area contributed by atoms with E-state index in [1.165, 1.54) is 18.2 Å². The molecule has 6 nitrogen and oxygen atoms in total. The van der Waals surface area contributed by atoms with Crippen LogP contribution in [0.5, 0.6) is 5.75 Å². The van der Waals surface area contributed by atoms with Gasteiger partial charge in [0.05, 0.1) is 22.7 Å². The van der Waals surface area contributed by atoms with Gasteiger partial charge in [0.15, 0.2) is 5.75 Å². The topological polar surface area (TPSA) is 102 Å². The minimum atomic E-state index is -0.523. The molecule has 100 valence electrons. The zero-order valence-corrected chi connectivity index (χ0v) is 10.4. The van der Waals surface area contributed by atoms with E-state index in [2.05, 4.69) is 0 Å². The lowest BCUT2D eigenvalue weighted by Crippen LogP contribution is -2.31. The average molecular weight is 261 g/mol. The van der Waals surface area contributed by atoms with Gasteiger partial charge in [-0.15, -0.1) is 0 Å². The van der Waals surface area contributed by atoms with Crippen LogP contribution in [0.25, 0.3) is 0 Å². The number of nitriles is 1. The molecule has 1 saturated carbocycles. The summed E-state index contributed by atoms with van der Waals surface area (Å²) in [6, 6.07) is 6.34. The molecule has 0 atom stereocenters. The molecule has 1 aromatic rings. The van der Waals surface area contributed by atoms with Gasteiger partial charge in [-0.1, -0.05) is 0 Å². The Morgan fingerprint density at radius 3 is 2.63 bits per heavy atom. The molecule has 0 aliphatic heterocycles. The van der Waals surface area contributed by atoms with Crippen LogP contribution < -0.4 is 10.5 Å². The van der Waals surface area contributed by atoms with Crippen molar-refractivity contribution in [3.63, 3.8) is 0 Å². The molecule has 1 aliphatic carbocycles. The molecular weight excluding hydrogens is 246 g/mol. The average Bonchev–Trinajstić information content (AvgIpc) is 2.41. The second-order valence-corrected chi connectivity index (χ2v) is 4.71. The fourth-order valence-corrected chi connectivity index (χ4v) is 2.22. The van der Waals surface area contributed by atoms with Crippen molar-refractivity contribution in [1.82, 2.24) is 0 Å². The van der Waals surface area contributed by atoms with Gasteiger partial charge < -0.3 is 10.5 Å². The SMILES string of the molecule is N#Cc1ccc(OC2CCC(N)CC2)c([N+](=O)[O-])c1. The van der Waals surface area contributed by atoms with Crippen LogP contribution in [0.3, 0.4) is 0 Å². The highest BCUT2D eigenvalue weighted by Gasteiger charge is 2.23. The highest BCUT2D eigenvalue weighted by Crippen LogP contribution is 2.31. The lowest BCUT2D eigenvalue weighted by molar-refractivity contribution is -0.386. The van der Waals surface area contributed by atoms with Crippen molar-refractivity contribution < 1.29 is 9.66 Å². The van der Waals surface area contributed by atoms with Gasteiger partial charge in [-0.2, -0.15) is 5.26 Å². The van der Waals surface area contributed by atoms with Crippen molar-refractivity contribution in [2.45, 2.75) is 37.8 Å². The lowest BCUT2D eigenvalue weighted by atomic mass is 9.94. The molecule has 2 rings (SSSR count). The lowest BCUT2D eigenvalue weighted by Gasteiger charge is -2.26. The van der Waals surface area contributed by atoms with Gasteiger partial charge in [-0.05, 0) is 37.8 Å². The normalized spacial score (nSPS) is 22.5. The van der Waals surface area contributed by atoms with E-state index in [1.807, 2.05) is 6.07 Å². The summed E-state index contributed by atoms with van der Waals surface area (Å²) >= 11 is 0. The molecule has 0 amide bonds. The Labute approximate surface area is 110 Å². The first-order valence-corrected chi connectivity index (χ1v) is 6.21. The van der Waals surface area contributed by atoms with Crippen molar-refractivity contribution in [3.05, 3.63) is 33.9 Å².